The third-order valence-corrected chi connectivity index (χ3v) is 11.5. The van der Waals surface area contributed by atoms with E-state index in [4.69, 9.17) is 19.7 Å². The van der Waals surface area contributed by atoms with Crippen molar-refractivity contribution < 1.29 is 4.74 Å². The molecule has 4 nitrogen and oxygen atoms in total. The van der Waals surface area contributed by atoms with Crippen molar-refractivity contribution in [2.45, 2.75) is 5.41 Å². The van der Waals surface area contributed by atoms with Crippen LogP contribution in [0.15, 0.2) is 164 Å². The van der Waals surface area contributed by atoms with Gasteiger partial charge in [0.2, 0.25) is 0 Å². The quantitative estimate of drug-likeness (QED) is 0.188. The summed E-state index contributed by atoms with van der Waals surface area (Å²) in [7, 11) is 0. The fourth-order valence-electron chi connectivity index (χ4n) is 8.28. The van der Waals surface area contributed by atoms with Crippen LogP contribution in [0.25, 0.3) is 65.5 Å². The van der Waals surface area contributed by atoms with E-state index in [0.29, 0.717) is 17.5 Å². The minimum absolute atomic E-state index is 0.624. The van der Waals surface area contributed by atoms with E-state index < -0.39 is 5.41 Å². The maximum Gasteiger partial charge on any atom is 0.164 e. The van der Waals surface area contributed by atoms with Crippen LogP contribution in [0.2, 0.25) is 0 Å². The first-order valence-electron chi connectivity index (χ1n) is 17.1. The molecule has 2 aromatic heterocycles. The number of benzene rings is 7. The van der Waals surface area contributed by atoms with Gasteiger partial charge in [0.05, 0.1) is 5.41 Å². The van der Waals surface area contributed by atoms with Gasteiger partial charge >= 0.3 is 0 Å². The number of nitrogens with zero attached hydrogens (tertiary/aromatic N) is 3. The second-order valence-corrected chi connectivity index (χ2v) is 14.2. The Morgan fingerprint density at radius 2 is 0.980 bits per heavy atom. The minimum Gasteiger partial charge on any atom is -0.457 e. The van der Waals surface area contributed by atoms with Gasteiger partial charge in [0, 0.05) is 48.0 Å². The molecule has 3 heterocycles. The van der Waals surface area contributed by atoms with Crippen LogP contribution in [0.3, 0.4) is 0 Å². The van der Waals surface area contributed by atoms with Crippen molar-refractivity contribution >= 4 is 31.5 Å². The molecule has 0 amide bonds. The highest BCUT2D eigenvalue weighted by molar-refractivity contribution is 7.25. The van der Waals surface area contributed by atoms with Gasteiger partial charge in [0.25, 0.3) is 0 Å². The third-order valence-electron chi connectivity index (χ3n) is 10.4. The Morgan fingerprint density at radius 1 is 0.412 bits per heavy atom. The average Bonchev–Trinajstić information content (AvgIpc) is 3.71. The number of ether oxygens (including phenoxy) is 1. The highest BCUT2D eigenvalue weighted by Gasteiger charge is 2.52. The molecule has 1 spiro atoms. The normalized spacial score (nSPS) is 13.4. The van der Waals surface area contributed by atoms with Crippen LogP contribution >= 0.6 is 11.3 Å². The predicted octanol–water partition coefficient (Wildman–Crippen LogP) is 11.7. The molecule has 238 valence electrons. The average molecular weight is 670 g/mol. The highest BCUT2D eigenvalue weighted by Crippen LogP contribution is 2.64. The third kappa shape index (κ3) is 4.04. The van der Waals surface area contributed by atoms with Crippen molar-refractivity contribution in [2.75, 3.05) is 0 Å². The van der Waals surface area contributed by atoms with Crippen LogP contribution in [0, 0.1) is 0 Å². The smallest absolute Gasteiger partial charge is 0.164 e. The SMILES string of the molecule is c1ccc(-c2nc(-c3ccccc3)nc(-c3cccc4c3-c3cc5sc6ccccc6c5cc3C43c4ccccc4Oc4ccccc43)n2)cc1. The van der Waals surface area contributed by atoms with Crippen LogP contribution in [0.5, 0.6) is 11.5 Å². The summed E-state index contributed by atoms with van der Waals surface area (Å²) in [6.07, 6.45) is 0. The molecule has 0 atom stereocenters. The molecule has 7 aromatic carbocycles. The first kappa shape index (κ1) is 28.4. The Balaban J connectivity index is 1.28. The second kappa shape index (κ2) is 10.8. The molecule has 0 radical (unpaired) electrons. The number of thiophene rings is 1. The van der Waals surface area contributed by atoms with Gasteiger partial charge in [-0.25, -0.2) is 15.0 Å². The van der Waals surface area contributed by atoms with Crippen LogP contribution in [0.1, 0.15) is 22.3 Å². The monoisotopic (exact) mass is 669 g/mol. The zero-order valence-electron chi connectivity index (χ0n) is 27.2. The molecule has 1 aliphatic heterocycles. The highest BCUT2D eigenvalue weighted by atomic mass is 32.1. The first-order valence-corrected chi connectivity index (χ1v) is 17.9. The van der Waals surface area contributed by atoms with Gasteiger partial charge in [-0.1, -0.05) is 133 Å². The van der Waals surface area contributed by atoms with Crippen LogP contribution in [-0.2, 0) is 5.41 Å². The van der Waals surface area contributed by atoms with E-state index in [-0.39, 0.29) is 0 Å². The molecule has 0 N–H and O–H groups in total. The zero-order chi connectivity index (χ0) is 33.5. The number of hydrogen-bond donors (Lipinski definition) is 0. The van der Waals surface area contributed by atoms with Gasteiger partial charge in [-0.15, -0.1) is 11.3 Å². The molecule has 51 heavy (non-hydrogen) atoms. The molecular weight excluding hydrogens is 643 g/mol. The van der Waals surface area contributed by atoms with Crippen molar-refractivity contribution in [3.05, 3.63) is 186 Å². The first-order chi connectivity index (χ1) is 25.3. The summed E-state index contributed by atoms with van der Waals surface area (Å²) in [6, 6.07) is 57.6. The minimum atomic E-state index is -0.624. The van der Waals surface area contributed by atoms with E-state index in [9.17, 15) is 0 Å². The fourth-order valence-corrected chi connectivity index (χ4v) is 9.41. The van der Waals surface area contributed by atoms with Crippen molar-refractivity contribution in [2.24, 2.45) is 0 Å². The molecule has 0 fully saturated rings. The standard InChI is InChI=1S/C46H27N3OS/c1-3-14-28(15-4-1)43-47-44(29-16-5-2-6-17-29)49-45(48-43)31-19-13-22-36-42(31)33-27-41-32(30-18-7-12-25-40(30)51-41)26-37(33)46(36)34-20-8-10-23-38(34)50-39-24-11-9-21-35(39)46/h1-27H. The lowest BCUT2D eigenvalue weighted by Crippen LogP contribution is -2.32. The maximum atomic E-state index is 6.65. The van der Waals surface area contributed by atoms with Crippen LogP contribution < -0.4 is 4.74 Å². The summed E-state index contributed by atoms with van der Waals surface area (Å²) in [5, 5.41) is 2.54. The summed E-state index contributed by atoms with van der Waals surface area (Å²) in [4.78, 5) is 15.5. The topological polar surface area (TPSA) is 47.9 Å². The molecule has 11 rings (SSSR count). The molecule has 0 saturated carbocycles. The molecule has 0 bridgehead atoms. The van der Waals surface area contributed by atoms with Gasteiger partial charge in [-0.3, -0.25) is 0 Å². The van der Waals surface area contributed by atoms with Gasteiger partial charge in [0.15, 0.2) is 17.5 Å². The van der Waals surface area contributed by atoms with Crippen molar-refractivity contribution in [1.82, 2.24) is 15.0 Å². The van der Waals surface area contributed by atoms with Gasteiger partial charge in [-0.05, 0) is 52.6 Å². The maximum absolute atomic E-state index is 6.65. The molecule has 0 saturated heterocycles. The van der Waals surface area contributed by atoms with E-state index in [1.807, 2.05) is 47.7 Å². The molecular formula is C46H27N3OS. The van der Waals surface area contributed by atoms with E-state index >= 15 is 0 Å². The van der Waals surface area contributed by atoms with E-state index in [2.05, 4.69) is 127 Å². The number of aromatic nitrogens is 3. The zero-order valence-corrected chi connectivity index (χ0v) is 28.1. The van der Waals surface area contributed by atoms with E-state index in [0.717, 1.165) is 44.9 Å². The van der Waals surface area contributed by atoms with Crippen LogP contribution in [0.4, 0.5) is 0 Å². The largest absolute Gasteiger partial charge is 0.457 e. The lowest BCUT2D eigenvalue weighted by Gasteiger charge is -2.39. The molecule has 1 aliphatic carbocycles. The fraction of sp³-hybridized carbons (Fsp3) is 0.0217. The van der Waals surface area contributed by atoms with Gasteiger partial charge < -0.3 is 4.74 Å². The predicted molar refractivity (Wildman–Crippen MR) is 206 cm³/mol. The number of fused-ring (bicyclic) bond motifs is 12. The van der Waals surface area contributed by atoms with Crippen LogP contribution in [-0.4, -0.2) is 15.0 Å². The lowest BCUT2D eigenvalue weighted by molar-refractivity contribution is 0.436. The van der Waals surface area contributed by atoms with Crippen molar-refractivity contribution in [3.63, 3.8) is 0 Å². The number of para-hydroxylation sites is 2. The number of rotatable bonds is 3. The second-order valence-electron chi connectivity index (χ2n) is 13.1. The molecule has 2 aliphatic rings. The molecule has 5 heteroatoms. The molecule has 9 aromatic rings. The summed E-state index contributed by atoms with van der Waals surface area (Å²) < 4.78 is 9.19. The number of hydrogen-bond acceptors (Lipinski definition) is 5. The van der Waals surface area contributed by atoms with E-state index in [1.54, 1.807) is 0 Å². The van der Waals surface area contributed by atoms with Crippen molar-refractivity contribution in [3.8, 4) is 56.8 Å². The van der Waals surface area contributed by atoms with Gasteiger partial charge in [-0.2, -0.15) is 0 Å². The summed E-state index contributed by atoms with van der Waals surface area (Å²) in [5.74, 6) is 3.67. The van der Waals surface area contributed by atoms with Gasteiger partial charge in [0.1, 0.15) is 11.5 Å². The van der Waals surface area contributed by atoms with E-state index in [1.165, 1.54) is 36.9 Å². The Hall–Kier alpha value is -6.43. The van der Waals surface area contributed by atoms with Crippen molar-refractivity contribution in [1.29, 1.82) is 0 Å². The Bertz CT molecular complexity index is 2740. The summed E-state index contributed by atoms with van der Waals surface area (Å²) in [6.45, 7) is 0. The summed E-state index contributed by atoms with van der Waals surface area (Å²) >= 11 is 1.84. The summed E-state index contributed by atoms with van der Waals surface area (Å²) in [5.41, 5.74) is 9.27. The Morgan fingerprint density at radius 3 is 1.67 bits per heavy atom. The molecule has 0 unspecified atom stereocenters. The Kier molecular flexibility index (Phi) is 6.01. The Labute approximate surface area is 298 Å². The lowest BCUT2D eigenvalue weighted by atomic mass is 9.66.